The number of amides is 1. The van der Waals surface area contributed by atoms with Crippen molar-refractivity contribution < 1.29 is 4.79 Å². The van der Waals surface area contributed by atoms with Crippen LogP contribution in [-0.4, -0.2) is 24.8 Å². The zero-order valence-corrected chi connectivity index (χ0v) is 14.5. The van der Waals surface area contributed by atoms with Crippen molar-refractivity contribution in [1.29, 1.82) is 0 Å². The molecular formula is C18H19N5O3. The van der Waals surface area contributed by atoms with Crippen LogP contribution in [0.15, 0.2) is 64.4 Å². The predicted octanol–water partition coefficient (Wildman–Crippen LogP) is 0.452. The summed E-state index contributed by atoms with van der Waals surface area (Å²) in [6.45, 7) is 0.418. The van der Waals surface area contributed by atoms with Crippen LogP contribution in [0, 0.1) is 0 Å². The van der Waals surface area contributed by atoms with Gasteiger partial charge in [0.1, 0.15) is 5.69 Å². The molecule has 0 bridgehead atoms. The molecule has 8 nitrogen and oxygen atoms in total. The summed E-state index contributed by atoms with van der Waals surface area (Å²) in [6.07, 6.45) is 3.46. The van der Waals surface area contributed by atoms with E-state index in [-0.39, 0.29) is 11.7 Å². The van der Waals surface area contributed by atoms with Crippen LogP contribution in [0.5, 0.6) is 0 Å². The van der Waals surface area contributed by atoms with E-state index in [9.17, 15) is 14.4 Å². The molecule has 0 radical (unpaired) electrons. The number of hydrogen-bond donors (Lipinski definition) is 1. The second-order valence-electron chi connectivity index (χ2n) is 5.93. The molecule has 1 N–H and O–H groups in total. The summed E-state index contributed by atoms with van der Waals surface area (Å²) < 4.78 is 3.82. The van der Waals surface area contributed by atoms with Gasteiger partial charge in [-0.1, -0.05) is 30.3 Å². The minimum atomic E-state index is -0.550. The molecule has 3 aromatic rings. The molecule has 3 rings (SSSR count). The molecule has 0 aliphatic heterocycles. The number of carbonyl (C=O) groups excluding carboxylic acids is 1. The minimum Gasteiger partial charge on any atom is -0.342 e. The Morgan fingerprint density at radius 1 is 1.12 bits per heavy atom. The molecule has 1 amide bonds. The highest BCUT2D eigenvalue weighted by atomic mass is 16.2. The molecule has 0 aliphatic rings. The van der Waals surface area contributed by atoms with E-state index in [0.717, 1.165) is 20.8 Å². The summed E-state index contributed by atoms with van der Waals surface area (Å²) >= 11 is 0. The van der Waals surface area contributed by atoms with Crippen LogP contribution in [0.1, 0.15) is 22.1 Å². The SMILES string of the molecule is Cn1c(C(=O)NC(Cn2cccn2)c2ccccc2)cc(=O)n(C)c1=O. The maximum absolute atomic E-state index is 12.7. The van der Waals surface area contributed by atoms with Crippen molar-refractivity contribution in [3.8, 4) is 0 Å². The molecule has 134 valence electrons. The van der Waals surface area contributed by atoms with Gasteiger partial charge in [-0.15, -0.1) is 0 Å². The summed E-state index contributed by atoms with van der Waals surface area (Å²) in [5.74, 6) is -0.497. The quantitative estimate of drug-likeness (QED) is 0.721. The number of rotatable bonds is 5. The van der Waals surface area contributed by atoms with Crippen molar-refractivity contribution >= 4 is 5.91 Å². The average Bonchev–Trinajstić information content (AvgIpc) is 3.16. The first-order chi connectivity index (χ1) is 12.5. The fourth-order valence-electron chi connectivity index (χ4n) is 2.70. The normalized spacial score (nSPS) is 11.9. The van der Waals surface area contributed by atoms with Crippen LogP contribution in [0.4, 0.5) is 0 Å². The molecule has 0 aliphatic carbocycles. The van der Waals surface area contributed by atoms with Crippen LogP contribution >= 0.6 is 0 Å². The maximum Gasteiger partial charge on any atom is 0.331 e. The number of benzene rings is 1. The summed E-state index contributed by atoms with van der Waals surface area (Å²) in [4.78, 5) is 36.7. The lowest BCUT2D eigenvalue weighted by atomic mass is 10.1. The summed E-state index contributed by atoms with van der Waals surface area (Å²) in [7, 11) is 2.83. The van der Waals surface area contributed by atoms with Crippen molar-refractivity contribution in [3.63, 3.8) is 0 Å². The highest BCUT2D eigenvalue weighted by molar-refractivity contribution is 5.92. The largest absolute Gasteiger partial charge is 0.342 e. The van der Waals surface area contributed by atoms with Crippen LogP contribution in [-0.2, 0) is 20.6 Å². The Morgan fingerprint density at radius 3 is 2.50 bits per heavy atom. The average molecular weight is 353 g/mol. The molecule has 1 aromatic carbocycles. The topological polar surface area (TPSA) is 90.9 Å². The number of aromatic nitrogens is 4. The first-order valence-electron chi connectivity index (χ1n) is 8.07. The molecule has 2 heterocycles. The van der Waals surface area contributed by atoms with Gasteiger partial charge in [0.2, 0.25) is 0 Å². The van der Waals surface area contributed by atoms with Crippen molar-refractivity contribution in [3.05, 3.63) is 87.0 Å². The van der Waals surface area contributed by atoms with E-state index in [2.05, 4.69) is 10.4 Å². The molecular weight excluding hydrogens is 334 g/mol. The van der Waals surface area contributed by atoms with Gasteiger partial charge in [-0.05, 0) is 11.6 Å². The highest BCUT2D eigenvalue weighted by Crippen LogP contribution is 2.15. The Balaban J connectivity index is 1.93. The van der Waals surface area contributed by atoms with Crippen molar-refractivity contribution in [1.82, 2.24) is 24.2 Å². The minimum absolute atomic E-state index is 0.0134. The van der Waals surface area contributed by atoms with Gasteiger partial charge >= 0.3 is 5.69 Å². The van der Waals surface area contributed by atoms with E-state index in [1.807, 2.05) is 30.3 Å². The summed E-state index contributed by atoms with van der Waals surface area (Å²) in [6, 6.07) is 12.0. The Hall–Kier alpha value is -3.42. The summed E-state index contributed by atoms with van der Waals surface area (Å²) in [5, 5.41) is 7.07. The molecule has 8 heteroatoms. The highest BCUT2D eigenvalue weighted by Gasteiger charge is 2.19. The van der Waals surface area contributed by atoms with Crippen molar-refractivity contribution in [2.24, 2.45) is 14.1 Å². The zero-order chi connectivity index (χ0) is 18.7. The molecule has 2 aromatic heterocycles. The van der Waals surface area contributed by atoms with Gasteiger partial charge in [-0.25, -0.2) is 4.79 Å². The summed E-state index contributed by atoms with van der Waals surface area (Å²) in [5.41, 5.74) is -0.169. The zero-order valence-electron chi connectivity index (χ0n) is 14.5. The van der Waals surface area contributed by atoms with E-state index < -0.39 is 17.2 Å². The standard InChI is InChI=1S/C18H19N5O3/c1-21-15(11-16(24)22(2)18(21)26)17(25)20-14(12-23-10-6-9-19-23)13-7-4-3-5-8-13/h3-11,14H,12H2,1-2H3,(H,20,25). The smallest absolute Gasteiger partial charge is 0.331 e. The lowest BCUT2D eigenvalue weighted by Crippen LogP contribution is -2.42. The third-order valence-corrected chi connectivity index (χ3v) is 4.19. The predicted molar refractivity (Wildman–Crippen MR) is 95.8 cm³/mol. The Morgan fingerprint density at radius 2 is 1.85 bits per heavy atom. The van der Waals surface area contributed by atoms with E-state index in [0.29, 0.717) is 6.54 Å². The van der Waals surface area contributed by atoms with Gasteiger partial charge in [0, 0.05) is 32.6 Å². The van der Waals surface area contributed by atoms with Gasteiger partial charge < -0.3 is 5.32 Å². The second kappa shape index (κ2) is 7.22. The van der Waals surface area contributed by atoms with E-state index >= 15 is 0 Å². The van der Waals surface area contributed by atoms with Gasteiger partial charge in [0.15, 0.2) is 0 Å². The van der Waals surface area contributed by atoms with Crippen molar-refractivity contribution in [2.75, 3.05) is 0 Å². The van der Waals surface area contributed by atoms with E-state index in [1.165, 1.54) is 14.1 Å². The molecule has 1 unspecified atom stereocenters. The van der Waals surface area contributed by atoms with Crippen LogP contribution in [0.2, 0.25) is 0 Å². The van der Waals surface area contributed by atoms with Crippen LogP contribution < -0.4 is 16.6 Å². The fourth-order valence-corrected chi connectivity index (χ4v) is 2.70. The lowest BCUT2D eigenvalue weighted by Gasteiger charge is -2.20. The van der Waals surface area contributed by atoms with E-state index in [4.69, 9.17) is 0 Å². The first kappa shape index (κ1) is 17.4. The van der Waals surface area contributed by atoms with Gasteiger partial charge in [-0.3, -0.25) is 23.4 Å². The second-order valence-corrected chi connectivity index (χ2v) is 5.93. The fraction of sp³-hybridized carbons (Fsp3) is 0.222. The van der Waals surface area contributed by atoms with E-state index in [1.54, 1.807) is 23.1 Å². The third kappa shape index (κ3) is 3.49. The Labute approximate surface area is 149 Å². The number of hydrogen-bond acceptors (Lipinski definition) is 4. The van der Waals surface area contributed by atoms with Gasteiger partial charge in [0.25, 0.3) is 11.5 Å². The third-order valence-electron chi connectivity index (χ3n) is 4.19. The van der Waals surface area contributed by atoms with Crippen LogP contribution in [0.3, 0.4) is 0 Å². The molecule has 1 atom stereocenters. The number of carbonyl (C=O) groups is 1. The van der Waals surface area contributed by atoms with Gasteiger partial charge in [-0.2, -0.15) is 5.10 Å². The Bertz CT molecular complexity index is 1020. The molecule has 0 saturated carbocycles. The van der Waals surface area contributed by atoms with Crippen molar-refractivity contribution in [2.45, 2.75) is 12.6 Å². The monoisotopic (exact) mass is 353 g/mol. The maximum atomic E-state index is 12.7. The molecule has 26 heavy (non-hydrogen) atoms. The number of nitrogens with zero attached hydrogens (tertiary/aromatic N) is 4. The Kier molecular flexibility index (Phi) is 4.83. The number of nitrogens with one attached hydrogen (secondary N) is 1. The molecule has 0 fully saturated rings. The molecule has 0 saturated heterocycles. The molecule has 0 spiro atoms. The van der Waals surface area contributed by atoms with Gasteiger partial charge in [0.05, 0.1) is 12.6 Å². The first-order valence-corrected chi connectivity index (χ1v) is 8.07. The lowest BCUT2D eigenvalue weighted by molar-refractivity contribution is 0.0921. The van der Waals surface area contributed by atoms with Crippen LogP contribution in [0.25, 0.3) is 0 Å².